The van der Waals surface area contributed by atoms with E-state index in [2.05, 4.69) is 34.6 Å². The van der Waals surface area contributed by atoms with Crippen molar-refractivity contribution in [3.05, 3.63) is 0 Å². The minimum absolute atomic E-state index is 0.0638. The number of esters is 3. The van der Waals surface area contributed by atoms with Gasteiger partial charge in [-0.2, -0.15) is 0 Å². The van der Waals surface area contributed by atoms with Gasteiger partial charge in [-0.3, -0.25) is 14.4 Å². The highest BCUT2D eigenvalue weighted by molar-refractivity contribution is 5.71. The summed E-state index contributed by atoms with van der Waals surface area (Å²) in [5.41, 5.74) is 0. The van der Waals surface area contributed by atoms with Crippen LogP contribution >= 0.6 is 0 Å². The largest absolute Gasteiger partial charge is 0.462 e. The SMILES string of the molecule is CCCCCCCCCCCCCCC(=O)OC[C@@H](COC(=O)CCCCCCCCCCCCCCCCC(C)CC)OC(=O)CCCCCCCCCCC(C)CC. The van der Waals surface area contributed by atoms with E-state index < -0.39 is 6.10 Å². The van der Waals surface area contributed by atoms with Crippen LogP contribution in [0.25, 0.3) is 0 Å². The Hall–Kier alpha value is -1.59. The lowest BCUT2D eigenvalue weighted by atomic mass is 9.99. The molecule has 0 heterocycles. The molecule has 60 heavy (non-hydrogen) atoms. The first-order valence-corrected chi connectivity index (χ1v) is 26.8. The van der Waals surface area contributed by atoms with Crippen LogP contribution in [0.1, 0.15) is 298 Å². The first-order valence-electron chi connectivity index (χ1n) is 26.8. The Kier molecular flexibility index (Phi) is 45.7. The van der Waals surface area contributed by atoms with Gasteiger partial charge in [0.25, 0.3) is 0 Å². The van der Waals surface area contributed by atoms with Crippen molar-refractivity contribution in [3.8, 4) is 0 Å². The molecular weight excluding hydrogens is 745 g/mol. The Labute approximate surface area is 374 Å². The Bertz CT molecular complexity index is 920. The molecule has 6 heteroatoms. The highest BCUT2D eigenvalue weighted by atomic mass is 16.6. The molecule has 0 bridgehead atoms. The van der Waals surface area contributed by atoms with Crippen LogP contribution in [-0.4, -0.2) is 37.2 Å². The van der Waals surface area contributed by atoms with Crippen LogP contribution in [0.2, 0.25) is 0 Å². The van der Waals surface area contributed by atoms with Gasteiger partial charge in [0.05, 0.1) is 0 Å². The second-order valence-electron chi connectivity index (χ2n) is 19.0. The van der Waals surface area contributed by atoms with Gasteiger partial charge in [0.15, 0.2) is 6.10 Å². The molecule has 0 saturated carbocycles. The standard InChI is InChI=1S/C54H104O6/c1-6-9-10-11-12-13-14-20-23-29-34-39-44-52(55)58-47-51(60-54(57)46-41-36-31-26-25-28-33-38-43-50(5)8-3)48-59-53(56)45-40-35-30-24-21-18-16-15-17-19-22-27-32-37-42-49(4)7-2/h49-51H,6-48H2,1-5H3/t49?,50?,51-/m0/s1. The van der Waals surface area contributed by atoms with Crippen molar-refractivity contribution in [3.63, 3.8) is 0 Å². The van der Waals surface area contributed by atoms with Gasteiger partial charge in [0.2, 0.25) is 0 Å². The van der Waals surface area contributed by atoms with E-state index in [1.54, 1.807) is 0 Å². The van der Waals surface area contributed by atoms with Crippen LogP contribution < -0.4 is 0 Å². The molecule has 0 aliphatic carbocycles. The lowest BCUT2D eigenvalue weighted by molar-refractivity contribution is -0.167. The zero-order valence-corrected chi connectivity index (χ0v) is 41.1. The van der Waals surface area contributed by atoms with Gasteiger partial charge in [0, 0.05) is 19.3 Å². The van der Waals surface area contributed by atoms with E-state index in [0.29, 0.717) is 19.3 Å². The van der Waals surface area contributed by atoms with Crippen molar-refractivity contribution in [2.45, 2.75) is 304 Å². The summed E-state index contributed by atoms with van der Waals surface area (Å²) in [7, 11) is 0. The minimum atomic E-state index is -0.762. The van der Waals surface area contributed by atoms with E-state index in [1.165, 1.54) is 186 Å². The molecule has 356 valence electrons. The van der Waals surface area contributed by atoms with Gasteiger partial charge in [-0.15, -0.1) is 0 Å². The zero-order valence-electron chi connectivity index (χ0n) is 41.1. The summed E-state index contributed by atoms with van der Waals surface area (Å²) in [6.07, 6.45) is 47.9. The summed E-state index contributed by atoms with van der Waals surface area (Å²) in [4.78, 5) is 38.0. The van der Waals surface area contributed by atoms with Crippen molar-refractivity contribution in [1.82, 2.24) is 0 Å². The highest BCUT2D eigenvalue weighted by Crippen LogP contribution is 2.18. The summed E-state index contributed by atoms with van der Waals surface area (Å²) in [6.45, 7) is 11.4. The fourth-order valence-corrected chi connectivity index (χ4v) is 8.10. The lowest BCUT2D eigenvalue weighted by Gasteiger charge is -2.18. The highest BCUT2D eigenvalue weighted by Gasteiger charge is 2.19. The molecule has 0 radical (unpaired) electrons. The van der Waals surface area contributed by atoms with Crippen molar-refractivity contribution >= 4 is 17.9 Å². The Morgan fingerprint density at radius 3 is 0.867 bits per heavy atom. The Morgan fingerprint density at radius 1 is 0.333 bits per heavy atom. The number of hydrogen-bond donors (Lipinski definition) is 0. The molecular formula is C54H104O6. The zero-order chi connectivity index (χ0) is 44.0. The third-order valence-corrected chi connectivity index (χ3v) is 12.9. The van der Waals surface area contributed by atoms with E-state index in [0.717, 1.165) is 69.6 Å². The first kappa shape index (κ1) is 58.4. The minimum Gasteiger partial charge on any atom is -0.462 e. The van der Waals surface area contributed by atoms with Crippen LogP contribution in [0.15, 0.2) is 0 Å². The molecule has 0 N–H and O–H groups in total. The molecule has 0 spiro atoms. The predicted octanol–water partition coefficient (Wildman–Crippen LogP) is 17.3. The topological polar surface area (TPSA) is 78.9 Å². The number of unbranched alkanes of at least 4 members (excludes halogenated alkanes) is 31. The molecule has 2 unspecified atom stereocenters. The van der Waals surface area contributed by atoms with Gasteiger partial charge >= 0.3 is 17.9 Å². The molecule has 0 amide bonds. The number of rotatable bonds is 48. The normalized spacial score (nSPS) is 12.9. The second kappa shape index (κ2) is 46.9. The van der Waals surface area contributed by atoms with E-state index in [1.807, 2.05) is 0 Å². The molecule has 3 atom stereocenters. The molecule has 0 aromatic rings. The third-order valence-electron chi connectivity index (χ3n) is 12.9. The summed E-state index contributed by atoms with van der Waals surface area (Å²) >= 11 is 0. The summed E-state index contributed by atoms with van der Waals surface area (Å²) in [5.74, 6) is 0.893. The summed E-state index contributed by atoms with van der Waals surface area (Å²) in [6, 6.07) is 0. The van der Waals surface area contributed by atoms with Gasteiger partial charge in [-0.1, -0.05) is 259 Å². The van der Waals surface area contributed by atoms with Gasteiger partial charge in [-0.25, -0.2) is 0 Å². The second-order valence-corrected chi connectivity index (χ2v) is 19.0. The smallest absolute Gasteiger partial charge is 0.306 e. The van der Waals surface area contributed by atoms with E-state index in [-0.39, 0.29) is 31.1 Å². The third kappa shape index (κ3) is 44.5. The van der Waals surface area contributed by atoms with Crippen LogP contribution in [0.5, 0.6) is 0 Å². The van der Waals surface area contributed by atoms with Crippen molar-refractivity contribution in [1.29, 1.82) is 0 Å². The quantitative estimate of drug-likeness (QED) is 0.0345. The molecule has 0 aliphatic rings. The molecule has 0 rings (SSSR count). The average Bonchev–Trinajstić information content (AvgIpc) is 3.25. The maximum Gasteiger partial charge on any atom is 0.306 e. The average molecular weight is 849 g/mol. The van der Waals surface area contributed by atoms with E-state index in [4.69, 9.17) is 14.2 Å². The number of hydrogen-bond acceptors (Lipinski definition) is 6. The van der Waals surface area contributed by atoms with Crippen LogP contribution in [0, 0.1) is 11.8 Å². The number of ether oxygens (including phenoxy) is 3. The van der Waals surface area contributed by atoms with E-state index in [9.17, 15) is 14.4 Å². The molecule has 0 fully saturated rings. The summed E-state index contributed by atoms with van der Waals surface area (Å²) < 4.78 is 16.8. The van der Waals surface area contributed by atoms with Crippen molar-refractivity contribution in [2.24, 2.45) is 11.8 Å². The fourth-order valence-electron chi connectivity index (χ4n) is 8.10. The van der Waals surface area contributed by atoms with Gasteiger partial charge < -0.3 is 14.2 Å². The molecule has 6 nitrogen and oxygen atoms in total. The maximum absolute atomic E-state index is 12.8. The van der Waals surface area contributed by atoms with Crippen molar-refractivity contribution in [2.75, 3.05) is 13.2 Å². The van der Waals surface area contributed by atoms with Crippen LogP contribution in [0.3, 0.4) is 0 Å². The van der Waals surface area contributed by atoms with Crippen molar-refractivity contribution < 1.29 is 28.6 Å². The van der Waals surface area contributed by atoms with E-state index >= 15 is 0 Å². The van der Waals surface area contributed by atoms with Crippen LogP contribution in [-0.2, 0) is 28.6 Å². The molecule has 0 saturated heterocycles. The van der Waals surface area contributed by atoms with Crippen LogP contribution in [0.4, 0.5) is 0 Å². The van der Waals surface area contributed by atoms with Gasteiger partial charge in [-0.05, 0) is 31.1 Å². The number of carbonyl (C=O) groups is 3. The Balaban J connectivity index is 4.28. The number of carbonyl (C=O) groups excluding carboxylic acids is 3. The first-order chi connectivity index (χ1) is 29.3. The fraction of sp³-hybridized carbons (Fsp3) is 0.944. The lowest BCUT2D eigenvalue weighted by Crippen LogP contribution is -2.30. The molecule has 0 aliphatic heterocycles. The monoisotopic (exact) mass is 849 g/mol. The Morgan fingerprint density at radius 2 is 0.583 bits per heavy atom. The molecule has 0 aromatic heterocycles. The predicted molar refractivity (Wildman–Crippen MR) is 256 cm³/mol. The summed E-state index contributed by atoms with van der Waals surface area (Å²) in [5, 5.41) is 0. The maximum atomic E-state index is 12.8. The van der Waals surface area contributed by atoms with Gasteiger partial charge in [0.1, 0.15) is 13.2 Å². The molecule has 0 aromatic carbocycles.